The van der Waals surface area contributed by atoms with E-state index in [9.17, 15) is 13.5 Å². The Balaban J connectivity index is 1.62. The third-order valence-electron chi connectivity index (χ3n) is 5.82. The number of aryl methyl sites for hydroxylation is 2. The van der Waals surface area contributed by atoms with Gasteiger partial charge < -0.3 is 9.84 Å². The summed E-state index contributed by atoms with van der Waals surface area (Å²) in [5.41, 5.74) is 7.00. The van der Waals surface area contributed by atoms with Crippen LogP contribution in [0.1, 0.15) is 47.6 Å². The fourth-order valence-corrected chi connectivity index (χ4v) is 5.91. The van der Waals surface area contributed by atoms with Crippen molar-refractivity contribution in [2.45, 2.75) is 51.7 Å². The van der Waals surface area contributed by atoms with Crippen molar-refractivity contribution in [1.82, 2.24) is 0 Å². The molecule has 0 bridgehead atoms. The van der Waals surface area contributed by atoms with E-state index in [4.69, 9.17) is 4.74 Å². The molecule has 1 N–H and O–H groups in total. The van der Waals surface area contributed by atoms with Crippen LogP contribution in [0.3, 0.4) is 0 Å². The molecule has 0 saturated carbocycles. The Morgan fingerprint density at radius 1 is 1.04 bits per heavy atom. The van der Waals surface area contributed by atoms with Crippen LogP contribution >= 0.6 is 0 Å². The van der Waals surface area contributed by atoms with Crippen molar-refractivity contribution in [2.75, 3.05) is 11.5 Å². The van der Waals surface area contributed by atoms with Gasteiger partial charge in [-0.3, -0.25) is 0 Å². The molecule has 1 heterocycles. The van der Waals surface area contributed by atoms with Crippen LogP contribution in [0.15, 0.2) is 30.3 Å². The van der Waals surface area contributed by atoms with Gasteiger partial charge in [0.25, 0.3) is 0 Å². The first-order chi connectivity index (χ1) is 12.8. The van der Waals surface area contributed by atoms with E-state index in [-0.39, 0.29) is 23.7 Å². The van der Waals surface area contributed by atoms with Crippen LogP contribution in [0.25, 0.3) is 11.1 Å². The lowest BCUT2D eigenvalue weighted by Gasteiger charge is -2.24. The number of hydrogen-bond donors (Lipinski definition) is 1. The molecule has 4 rings (SSSR count). The maximum atomic E-state index is 11.6. The number of benzene rings is 2. The molecule has 1 unspecified atom stereocenters. The minimum absolute atomic E-state index is 0.0331. The molecule has 0 spiro atoms. The van der Waals surface area contributed by atoms with E-state index >= 15 is 0 Å². The summed E-state index contributed by atoms with van der Waals surface area (Å²) >= 11 is 0. The molecule has 1 atom stereocenters. The van der Waals surface area contributed by atoms with Gasteiger partial charge in [-0.05, 0) is 85.0 Å². The molecule has 1 saturated heterocycles. The molecule has 2 aliphatic rings. The topological polar surface area (TPSA) is 63.6 Å². The first-order valence-electron chi connectivity index (χ1n) is 9.62. The standard InChI is InChI=1S/C22H26O4S/c1-14-12-17(26-16-8-10-27(24,25)11-9-16)13-15(2)22(14)20-5-3-4-19-18(20)6-7-21(19)23/h3-5,12-13,16,21,23H,6-11H2,1-2H3. The Bertz CT molecular complexity index is 941. The molecular formula is C22H26O4S. The maximum absolute atomic E-state index is 11.6. The third kappa shape index (κ3) is 3.63. The lowest BCUT2D eigenvalue weighted by Crippen LogP contribution is -2.30. The number of hydrogen-bond acceptors (Lipinski definition) is 4. The zero-order valence-corrected chi connectivity index (χ0v) is 16.7. The van der Waals surface area contributed by atoms with Crippen LogP contribution in [0.5, 0.6) is 5.75 Å². The van der Waals surface area contributed by atoms with Gasteiger partial charge in [0.2, 0.25) is 0 Å². The minimum atomic E-state index is -2.88. The second-order valence-electron chi connectivity index (χ2n) is 7.83. The number of ether oxygens (including phenoxy) is 1. The first kappa shape index (κ1) is 18.5. The molecule has 0 aromatic heterocycles. The number of fused-ring (bicyclic) bond motifs is 1. The average molecular weight is 387 g/mol. The highest BCUT2D eigenvalue weighted by Crippen LogP contribution is 2.40. The minimum Gasteiger partial charge on any atom is -0.490 e. The SMILES string of the molecule is Cc1cc(OC2CCS(=O)(=O)CC2)cc(C)c1-c1cccc2c1CCC2O. The van der Waals surface area contributed by atoms with E-state index in [1.165, 1.54) is 16.7 Å². The fourth-order valence-electron chi connectivity index (χ4n) is 4.46. The van der Waals surface area contributed by atoms with Crippen molar-refractivity contribution in [1.29, 1.82) is 0 Å². The number of aliphatic hydroxyl groups excluding tert-OH is 1. The molecule has 0 radical (unpaired) electrons. The van der Waals surface area contributed by atoms with Crippen LogP contribution in [0, 0.1) is 13.8 Å². The largest absolute Gasteiger partial charge is 0.490 e. The van der Waals surface area contributed by atoms with Crippen molar-refractivity contribution in [3.05, 3.63) is 52.6 Å². The van der Waals surface area contributed by atoms with Crippen LogP contribution in [-0.2, 0) is 16.3 Å². The first-order valence-corrected chi connectivity index (χ1v) is 11.4. The summed E-state index contributed by atoms with van der Waals surface area (Å²) in [7, 11) is -2.88. The summed E-state index contributed by atoms with van der Waals surface area (Å²) in [6, 6.07) is 10.3. The number of aliphatic hydroxyl groups is 1. The Kier molecular flexibility index (Phi) is 4.77. The highest BCUT2D eigenvalue weighted by atomic mass is 32.2. The van der Waals surface area contributed by atoms with Crippen LogP contribution < -0.4 is 4.74 Å². The summed E-state index contributed by atoms with van der Waals surface area (Å²) in [5.74, 6) is 1.24. The zero-order valence-electron chi connectivity index (χ0n) is 15.9. The molecule has 2 aromatic rings. The van der Waals surface area contributed by atoms with Gasteiger partial charge in [0.1, 0.15) is 11.9 Å². The van der Waals surface area contributed by atoms with Gasteiger partial charge in [0, 0.05) is 0 Å². The third-order valence-corrected chi connectivity index (χ3v) is 7.53. The van der Waals surface area contributed by atoms with Crippen molar-refractivity contribution >= 4 is 9.84 Å². The molecular weight excluding hydrogens is 360 g/mol. The normalized spacial score (nSPS) is 21.8. The molecule has 2 aromatic carbocycles. The molecule has 27 heavy (non-hydrogen) atoms. The Morgan fingerprint density at radius 3 is 2.37 bits per heavy atom. The molecule has 5 heteroatoms. The predicted octanol–water partition coefficient (Wildman–Crippen LogP) is 3.91. The van der Waals surface area contributed by atoms with Gasteiger partial charge in [0.05, 0.1) is 17.6 Å². The van der Waals surface area contributed by atoms with Crippen LogP contribution in [0.4, 0.5) is 0 Å². The molecule has 144 valence electrons. The monoisotopic (exact) mass is 386 g/mol. The Hall–Kier alpha value is -1.85. The lowest BCUT2D eigenvalue weighted by atomic mass is 9.90. The molecule has 1 aliphatic heterocycles. The Labute approximate surface area is 161 Å². The van der Waals surface area contributed by atoms with Crippen molar-refractivity contribution in [2.24, 2.45) is 0 Å². The second kappa shape index (κ2) is 6.95. The maximum Gasteiger partial charge on any atom is 0.150 e. The summed E-state index contributed by atoms with van der Waals surface area (Å²) in [6.45, 7) is 4.18. The van der Waals surface area contributed by atoms with Gasteiger partial charge in [-0.1, -0.05) is 18.2 Å². The average Bonchev–Trinajstić information content (AvgIpc) is 2.98. The van der Waals surface area contributed by atoms with Gasteiger partial charge in [-0.25, -0.2) is 8.42 Å². The molecule has 0 amide bonds. The van der Waals surface area contributed by atoms with Gasteiger partial charge in [-0.15, -0.1) is 0 Å². The molecule has 1 aliphatic carbocycles. The highest BCUT2D eigenvalue weighted by molar-refractivity contribution is 7.91. The second-order valence-corrected chi connectivity index (χ2v) is 10.1. The van der Waals surface area contributed by atoms with Crippen molar-refractivity contribution in [3.63, 3.8) is 0 Å². The van der Waals surface area contributed by atoms with Gasteiger partial charge in [0.15, 0.2) is 9.84 Å². The number of sulfone groups is 1. The van der Waals surface area contributed by atoms with E-state index in [1.807, 2.05) is 12.1 Å². The summed E-state index contributed by atoms with van der Waals surface area (Å²) in [6.07, 6.45) is 2.43. The van der Waals surface area contributed by atoms with Gasteiger partial charge >= 0.3 is 0 Å². The summed E-state index contributed by atoms with van der Waals surface area (Å²) in [4.78, 5) is 0. The lowest BCUT2D eigenvalue weighted by molar-refractivity contribution is 0.180. The van der Waals surface area contributed by atoms with E-state index in [2.05, 4.69) is 32.0 Å². The van der Waals surface area contributed by atoms with Crippen molar-refractivity contribution in [3.8, 4) is 16.9 Å². The van der Waals surface area contributed by atoms with Crippen molar-refractivity contribution < 1.29 is 18.3 Å². The van der Waals surface area contributed by atoms with Crippen LogP contribution in [0.2, 0.25) is 0 Å². The highest BCUT2D eigenvalue weighted by Gasteiger charge is 2.26. The van der Waals surface area contributed by atoms with E-state index in [0.717, 1.165) is 35.3 Å². The summed E-state index contributed by atoms with van der Waals surface area (Å²) < 4.78 is 29.3. The quantitative estimate of drug-likeness (QED) is 0.869. The number of rotatable bonds is 3. The molecule has 4 nitrogen and oxygen atoms in total. The fraction of sp³-hybridized carbons (Fsp3) is 0.455. The Morgan fingerprint density at radius 2 is 1.70 bits per heavy atom. The summed E-state index contributed by atoms with van der Waals surface area (Å²) in [5, 5.41) is 10.2. The predicted molar refractivity (Wildman–Crippen MR) is 107 cm³/mol. The molecule has 1 fully saturated rings. The smallest absolute Gasteiger partial charge is 0.150 e. The van der Waals surface area contributed by atoms with E-state index < -0.39 is 9.84 Å². The van der Waals surface area contributed by atoms with Crippen LogP contribution in [-0.4, -0.2) is 31.1 Å². The van der Waals surface area contributed by atoms with E-state index in [0.29, 0.717) is 12.8 Å². The van der Waals surface area contributed by atoms with E-state index in [1.54, 1.807) is 0 Å². The van der Waals surface area contributed by atoms with Gasteiger partial charge in [-0.2, -0.15) is 0 Å². The zero-order chi connectivity index (χ0) is 19.2.